The van der Waals surface area contributed by atoms with Gasteiger partial charge in [-0.2, -0.15) is 0 Å². The number of nitrogens with zero attached hydrogens (tertiary/aromatic N) is 2. The lowest BCUT2D eigenvalue weighted by Crippen LogP contribution is -2.44. The standard InChI is InChI=1S/C28H32ClN3O4/c1-15-13-16(2)30-26(33)21(15)14-32-12-11-20-22(27(32)34)17(3)24-25(23(20)29)36-28(4,35-24)18-7-9-19(10-8-18)31(5)6/h7-10,13,26,30,33H,11-12,14H2,1-6H3. The van der Waals surface area contributed by atoms with Crippen LogP contribution in [-0.4, -0.2) is 49.3 Å². The molecule has 0 aliphatic carbocycles. The average Bonchev–Trinajstić information content (AvgIpc) is 3.20. The highest BCUT2D eigenvalue weighted by Crippen LogP contribution is 2.53. The Morgan fingerprint density at radius 2 is 1.83 bits per heavy atom. The number of carbonyl (C=O) groups excluding carboxylic acids is 1. The summed E-state index contributed by atoms with van der Waals surface area (Å²) in [5, 5.41) is 14.0. The van der Waals surface area contributed by atoms with Crippen molar-refractivity contribution in [1.29, 1.82) is 0 Å². The van der Waals surface area contributed by atoms with Gasteiger partial charge in [0.1, 0.15) is 6.23 Å². The van der Waals surface area contributed by atoms with Crippen LogP contribution in [0.4, 0.5) is 5.69 Å². The summed E-state index contributed by atoms with van der Waals surface area (Å²) in [7, 11) is 3.98. The van der Waals surface area contributed by atoms with Gasteiger partial charge in [-0.25, -0.2) is 0 Å². The quantitative estimate of drug-likeness (QED) is 0.632. The highest BCUT2D eigenvalue weighted by molar-refractivity contribution is 6.34. The Hall–Kier alpha value is -3.16. The maximum atomic E-state index is 13.7. The van der Waals surface area contributed by atoms with Crippen LogP contribution in [0.2, 0.25) is 5.02 Å². The summed E-state index contributed by atoms with van der Waals surface area (Å²) in [5.74, 6) is -0.191. The van der Waals surface area contributed by atoms with E-state index in [1.165, 1.54) is 0 Å². The van der Waals surface area contributed by atoms with Crippen LogP contribution >= 0.6 is 11.6 Å². The molecule has 36 heavy (non-hydrogen) atoms. The first-order valence-corrected chi connectivity index (χ1v) is 12.5. The Morgan fingerprint density at radius 3 is 2.47 bits per heavy atom. The molecule has 5 rings (SSSR count). The number of hydrogen-bond donors (Lipinski definition) is 2. The summed E-state index contributed by atoms with van der Waals surface area (Å²) in [5.41, 5.74) is 6.64. The van der Waals surface area contributed by atoms with Crippen molar-refractivity contribution >= 4 is 23.2 Å². The van der Waals surface area contributed by atoms with E-state index in [9.17, 15) is 9.90 Å². The van der Waals surface area contributed by atoms with E-state index in [0.717, 1.165) is 39.2 Å². The number of nitrogens with one attached hydrogen (secondary N) is 1. The summed E-state index contributed by atoms with van der Waals surface area (Å²) < 4.78 is 12.7. The van der Waals surface area contributed by atoms with Crippen molar-refractivity contribution < 1.29 is 19.4 Å². The molecule has 1 amide bonds. The minimum Gasteiger partial charge on any atom is -0.444 e. The Balaban J connectivity index is 1.47. The molecule has 2 unspecified atom stereocenters. The molecule has 2 aromatic rings. The van der Waals surface area contributed by atoms with Crippen molar-refractivity contribution in [3.8, 4) is 11.5 Å². The van der Waals surface area contributed by atoms with E-state index >= 15 is 0 Å². The Morgan fingerprint density at radius 1 is 1.17 bits per heavy atom. The maximum absolute atomic E-state index is 13.7. The molecule has 3 heterocycles. The molecule has 2 atom stereocenters. The number of benzene rings is 2. The fourth-order valence-electron chi connectivity index (χ4n) is 5.24. The van der Waals surface area contributed by atoms with Crippen LogP contribution in [0, 0.1) is 6.92 Å². The number of dihydropyridines is 1. The van der Waals surface area contributed by atoms with Crippen molar-refractivity contribution in [2.75, 3.05) is 32.1 Å². The van der Waals surface area contributed by atoms with Crippen LogP contribution in [0.3, 0.4) is 0 Å². The summed E-state index contributed by atoms with van der Waals surface area (Å²) >= 11 is 6.84. The number of anilines is 1. The zero-order valence-electron chi connectivity index (χ0n) is 21.5. The Kier molecular flexibility index (Phi) is 5.96. The van der Waals surface area contributed by atoms with Gasteiger partial charge in [0.05, 0.1) is 10.6 Å². The molecular weight excluding hydrogens is 478 g/mol. The molecule has 3 aliphatic heterocycles. The number of carbonyl (C=O) groups is 1. The van der Waals surface area contributed by atoms with E-state index in [1.54, 1.807) is 4.90 Å². The second kappa shape index (κ2) is 8.75. The van der Waals surface area contributed by atoms with E-state index in [0.29, 0.717) is 41.6 Å². The maximum Gasteiger partial charge on any atom is 0.275 e. The van der Waals surface area contributed by atoms with Crippen LogP contribution in [0.1, 0.15) is 47.8 Å². The fraction of sp³-hybridized carbons (Fsp3) is 0.393. The van der Waals surface area contributed by atoms with Crippen LogP contribution in [0.5, 0.6) is 11.5 Å². The molecule has 3 aliphatic rings. The smallest absolute Gasteiger partial charge is 0.275 e. The molecule has 2 aromatic carbocycles. The predicted molar refractivity (Wildman–Crippen MR) is 141 cm³/mol. The molecular formula is C28H32ClN3O4. The monoisotopic (exact) mass is 509 g/mol. The molecule has 190 valence electrons. The third kappa shape index (κ3) is 3.91. The van der Waals surface area contributed by atoms with Gasteiger partial charge in [0.15, 0.2) is 11.5 Å². The number of amides is 1. The fourth-order valence-corrected chi connectivity index (χ4v) is 5.55. The predicted octanol–water partition coefficient (Wildman–Crippen LogP) is 4.50. The number of rotatable bonds is 4. The van der Waals surface area contributed by atoms with Crippen molar-refractivity contribution in [2.24, 2.45) is 0 Å². The van der Waals surface area contributed by atoms with E-state index in [-0.39, 0.29) is 5.91 Å². The number of allylic oxidation sites excluding steroid dienone is 3. The van der Waals surface area contributed by atoms with Crippen molar-refractivity contribution in [1.82, 2.24) is 10.2 Å². The molecule has 0 radical (unpaired) electrons. The first kappa shape index (κ1) is 24.5. The largest absolute Gasteiger partial charge is 0.444 e. The third-order valence-corrected chi connectivity index (χ3v) is 7.72. The van der Waals surface area contributed by atoms with Crippen LogP contribution < -0.4 is 19.7 Å². The normalized spacial score (nSPS) is 22.9. The zero-order chi connectivity index (χ0) is 25.9. The zero-order valence-corrected chi connectivity index (χ0v) is 22.3. The highest BCUT2D eigenvalue weighted by Gasteiger charge is 2.44. The number of halogens is 1. The average molecular weight is 510 g/mol. The molecule has 0 fully saturated rings. The van der Waals surface area contributed by atoms with Gasteiger partial charge in [-0.05, 0) is 68.7 Å². The SMILES string of the molecule is CC1=CC(C)=C(CN2CCc3c(Cl)c4c(c(C)c3C2=O)OC(C)(c2ccc(N(C)C)cc2)O4)C(O)N1. The van der Waals surface area contributed by atoms with Gasteiger partial charge in [0.2, 0.25) is 0 Å². The van der Waals surface area contributed by atoms with E-state index in [4.69, 9.17) is 21.1 Å². The first-order valence-electron chi connectivity index (χ1n) is 12.1. The lowest BCUT2D eigenvalue weighted by atomic mass is 9.92. The lowest BCUT2D eigenvalue weighted by molar-refractivity contribution is -0.0682. The summed E-state index contributed by atoms with van der Waals surface area (Å²) in [6.07, 6.45) is 1.76. The number of hydrogen-bond acceptors (Lipinski definition) is 6. The van der Waals surface area contributed by atoms with E-state index < -0.39 is 12.0 Å². The van der Waals surface area contributed by atoms with Gasteiger partial charge in [0, 0.05) is 62.2 Å². The second-order valence-corrected chi connectivity index (χ2v) is 10.5. The molecule has 7 nitrogen and oxygen atoms in total. The molecule has 0 aromatic heterocycles. The number of aliphatic hydroxyl groups is 1. The summed E-state index contributed by atoms with van der Waals surface area (Å²) in [4.78, 5) is 17.5. The highest BCUT2D eigenvalue weighted by atomic mass is 35.5. The topological polar surface area (TPSA) is 74.3 Å². The van der Waals surface area contributed by atoms with Gasteiger partial charge in [-0.3, -0.25) is 4.79 Å². The van der Waals surface area contributed by atoms with Crippen LogP contribution in [-0.2, 0) is 12.2 Å². The summed E-state index contributed by atoms with van der Waals surface area (Å²) in [6.45, 7) is 8.45. The Labute approximate surface area is 216 Å². The Bertz CT molecular complexity index is 1320. The van der Waals surface area contributed by atoms with Crippen LogP contribution in [0.15, 0.2) is 47.2 Å². The first-order chi connectivity index (χ1) is 17.0. The van der Waals surface area contributed by atoms with Crippen molar-refractivity contribution in [3.63, 3.8) is 0 Å². The number of aliphatic hydroxyl groups excluding tert-OH is 1. The molecule has 0 saturated carbocycles. The second-order valence-electron chi connectivity index (χ2n) is 10.1. The lowest BCUT2D eigenvalue weighted by Gasteiger charge is -2.34. The van der Waals surface area contributed by atoms with Crippen molar-refractivity contribution in [3.05, 3.63) is 74.5 Å². The van der Waals surface area contributed by atoms with Crippen molar-refractivity contribution in [2.45, 2.75) is 46.1 Å². The van der Waals surface area contributed by atoms with Gasteiger partial charge < -0.3 is 29.7 Å². The molecule has 8 heteroatoms. The number of fused-ring (bicyclic) bond motifs is 2. The van der Waals surface area contributed by atoms with Gasteiger partial charge in [0.25, 0.3) is 11.7 Å². The van der Waals surface area contributed by atoms with Crippen LogP contribution in [0.25, 0.3) is 0 Å². The van der Waals surface area contributed by atoms with Gasteiger partial charge in [-0.1, -0.05) is 11.6 Å². The minimum absolute atomic E-state index is 0.121. The molecule has 0 saturated heterocycles. The minimum atomic E-state index is -1.06. The number of ether oxygens (including phenoxy) is 2. The van der Waals surface area contributed by atoms with E-state index in [2.05, 4.69) is 5.32 Å². The molecule has 0 bridgehead atoms. The van der Waals surface area contributed by atoms with Gasteiger partial charge >= 0.3 is 0 Å². The summed E-state index contributed by atoms with van der Waals surface area (Å²) in [6, 6.07) is 7.98. The third-order valence-electron chi connectivity index (χ3n) is 7.32. The van der Waals surface area contributed by atoms with Gasteiger partial charge in [-0.15, -0.1) is 0 Å². The molecule has 2 N–H and O–H groups in total. The molecule has 0 spiro atoms. The van der Waals surface area contributed by atoms with E-state index in [1.807, 2.05) is 77.0 Å².